The van der Waals surface area contributed by atoms with Crippen LogP contribution in [-0.2, 0) is 0 Å². The molecule has 0 aromatic heterocycles. The summed E-state index contributed by atoms with van der Waals surface area (Å²) in [6.45, 7) is 0.863. The van der Waals surface area contributed by atoms with Gasteiger partial charge in [0.25, 0.3) is 11.8 Å². The van der Waals surface area contributed by atoms with E-state index in [9.17, 15) is 19.8 Å². The second-order valence-electron chi connectivity index (χ2n) is 8.59. The van der Waals surface area contributed by atoms with Gasteiger partial charge in [-0.05, 0) is 61.3 Å². The Morgan fingerprint density at radius 2 is 1.74 bits per heavy atom. The van der Waals surface area contributed by atoms with Crippen LogP contribution in [0, 0.1) is 0 Å². The van der Waals surface area contributed by atoms with Crippen LogP contribution in [0.15, 0.2) is 65.7 Å². The zero-order valence-corrected chi connectivity index (χ0v) is 18.8. The molecule has 4 aromatic rings. The largest absolute Gasteiger partial charge is 0.508 e. The highest BCUT2D eigenvalue weighted by Gasteiger charge is 2.34. The van der Waals surface area contributed by atoms with Crippen molar-refractivity contribution in [1.82, 2.24) is 9.80 Å². The molecular formula is C27H23N3O4. The maximum atomic E-state index is 13.6. The Kier molecular flexibility index (Phi) is 5.26. The highest BCUT2D eigenvalue weighted by molar-refractivity contribution is 6.31. The molecule has 7 heteroatoms. The molecule has 2 N–H and O–H groups in total. The maximum Gasteiger partial charge on any atom is 0.262 e. The number of aromatic hydroxyl groups is 2. The number of hydrogen-bond acceptors (Lipinski definition) is 6. The molecule has 5 rings (SSSR count). The number of imide groups is 1. The standard InChI is InChI=1S/C27H23N3O4/c1-29(2)11-12-30-26(33)20-7-3-5-16-14-21-19(25(24(16)20)27(30)34)6-4-8-22(21)28-15-17-13-18(31)9-10-23(17)32/h3-10,13-15,31-32H,11-12H2,1-2H3/b28-15-. The fourth-order valence-electron chi connectivity index (χ4n) is 4.36. The fourth-order valence-corrected chi connectivity index (χ4v) is 4.36. The summed E-state index contributed by atoms with van der Waals surface area (Å²) in [5.41, 5.74) is 2.00. The molecule has 34 heavy (non-hydrogen) atoms. The van der Waals surface area contributed by atoms with Gasteiger partial charge in [-0.1, -0.05) is 24.3 Å². The predicted octanol–water partition coefficient (Wildman–Crippen LogP) is 4.31. The monoisotopic (exact) mass is 453 g/mol. The average molecular weight is 453 g/mol. The van der Waals surface area contributed by atoms with Crippen molar-refractivity contribution < 1.29 is 19.8 Å². The second kappa shape index (κ2) is 8.28. The fraction of sp³-hybridized carbons (Fsp3) is 0.148. The van der Waals surface area contributed by atoms with Crippen LogP contribution in [0.4, 0.5) is 5.69 Å². The molecule has 0 saturated heterocycles. The van der Waals surface area contributed by atoms with Crippen molar-refractivity contribution in [2.45, 2.75) is 0 Å². The first kappa shape index (κ1) is 21.6. The molecule has 0 aliphatic carbocycles. The van der Waals surface area contributed by atoms with Gasteiger partial charge >= 0.3 is 0 Å². The number of likely N-dealkylation sites (N-methyl/N-ethyl adjacent to an activating group) is 1. The summed E-state index contributed by atoms with van der Waals surface area (Å²) in [7, 11) is 3.80. The van der Waals surface area contributed by atoms with E-state index >= 15 is 0 Å². The summed E-state index contributed by atoms with van der Waals surface area (Å²) < 4.78 is 0. The molecule has 1 heterocycles. The zero-order valence-electron chi connectivity index (χ0n) is 18.8. The highest BCUT2D eigenvalue weighted by Crippen LogP contribution is 2.39. The molecule has 1 aliphatic heterocycles. The van der Waals surface area contributed by atoms with E-state index in [0.717, 1.165) is 10.8 Å². The van der Waals surface area contributed by atoms with Gasteiger partial charge in [0.1, 0.15) is 11.5 Å². The molecule has 0 radical (unpaired) electrons. The van der Waals surface area contributed by atoms with Crippen molar-refractivity contribution in [3.8, 4) is 11.5 Å². The first-order valence-corrected chi connectivity index (χ1v) is 10.9. The van der Waals surface area contributed by atoms with Crippen molar-refractivity contribution in [2.24, 2.45) is 4.99 Å². The predicted molar refractivity (Wildman–Crippen MR) is 132 cm³/mol. The van der Waals surface area contributed by atoms with Crippen LogP contribution >= 0.6 is 0 Å². The van der Waals surface area contributed by atoms with Crippen LogP contribution in [0.1, 0.15) is 26.3 Å². The van der Waals surface area contributed by atoms with Gasteiger partial charge in [0.2, 0.25) is 0 Å². The van der Waals surface area contributed by atoms with Crippen LogP contribution in [0.5, 0.6) is 11.5 Å². The van der Waals surface area contributed by atoms with Crippen molar-refractivity contribution in [3.05, 3.63) is 77.4 Å². The molecule has 0 saturated carbocycles. The van der Waals surface area contributed by atoms with Gasteiger partial charge in [-0.15, -0.1) is 0 Å². The number of benzene rings is 4. The molecule has 170 valence electrons. The highest BCUT2D eigenvalue weighted by atomic mass is 16.3. The minimum Gasteiger partial charge on any atom is -0.508 e. The SMILES string of the molecule is CN(C)CCN1C(=O)c2cccc3cc4c(/N=C\c5cc(O)ccc5O)cccc4c(c23)C1=O. The van der Waals surface area contributed by atoms with E-state index < -0.39 is 0 Å². The van der Waals surface area contributed by atoms with E-state index in [0.29, 0.717) is 46.2 Å². The Morgan fingerprint density at radius 1 is 0.941 bits per heavy atom. The number of carbonyl (C=O) groups is 2. The van der Waals surface area contributed by atoms with E-state index in [-0.39, 0.29) is 23.3 Å². The van der Waals surface area contributed by atoms with Crippen LogP contribution < -0.4 is 0 Å². The number of fused-ring (bicyclic) bond motifs is 2. The molecule has 7 nitrogen and oxygen atoms in total. The second-order valence-corrected chi connectivity index (χ2v) is 8.59. The molecule has 0 unspecified atom stereocenters. The average Bonchev–Trinajstić information content (AvgIpc) is 2.81. The van der Waals surface area contributed by atoms with E-state index in [1.807, 2.05) is 55.4 Å². The molecule has 0 bridgehead atoms. The van der Waals surface area contributed by atoms with Gasteiger partial charge in [-0.25, -0.2) is 0 Å². The number of nitrogens with zero attached hydrogens (tertiary/aromatic N) is 3. The van der Waals surface area contributed by atoms with Gasteiger partial charge in [0, 0.05) is 41.2 Å². The van der Waals surface area contributed by atoms with Gasteiger partial charge in [-0.2, -0.15) is 0 Å². The number of aliphatic imine (C=N–C) groups is 1. The van der Waals surface area contributed by atoms with Crippen molar-refractivity contribution >= 4 is 45.3 Å². The summed E-state index contributed by atoms with van der Waals surface area (Å²) >= 11 is 0. The van der Waals surface area contributed by atoms with Gasteiger partial charge in [-0.3, -0.25) is 19.5 Å². The van der Waals surface area contributed by atoms with Gasteiger partial charge in [0.05, 0.1) is 11.3 Å². The van der Waals surface area contributed by atoms with Crippen LogP contribution in [0.25, 0.3) is 21.5 Å². The molecular weight excluding hydrogens is 430 g/mol. The number of rotatable bonds is 5. The summed E-state index contributed by atoms with van der Waals surface area (Å²) in [5, 5.41) is 22.7. The Hall–Kier alpha value is -4.23. The number of phenols is 2. The number of amides is 2. The van der Waals surface area contributed by atoms with Gasteiger partial charge in [0.15, 0.2) is 0 Å². The molecule has 0 fully saturated rings. The van der Waals surface area contributed by atoms with E-state index in [1.165, 1.54) is 29.3 Å². The molecule has 1 aliphatic rings. The Bertz CT molecular complexity index is 1510. The molecule has 0 spiro atoms. The zero-order chi connectivity index (χ0) is 24.0. The molecule has 2 amide bonds. The molecule has 4 aromatic carbocycles. The number of carbonyl (C=O) groups excluding carboxylic acids is 2. The lowest BCUT2D eigenvalue weighted by Gasteiger charge is -2.29. The lowest BCUT2D eigenvalue weighted by atomic mass is 9.89. The normalized spacial score (nSPS) is 13.7. The van der Waals surface area contributed by atoms with E-state index in [2.05, 4.69) is 4.99 Å². The van der Waals surface area contributed by atoms with Gasteiger partial charge < -0.3 is 15.1 Å². The van der Waals surface area contributed by atoms with Crippen molar-refractivity contribution in [3.63, 3.8) is 0 Å². The third-order valence-electron chi connectivity index (χ3n) is 6.06. The summed E-state index contributed by atoms with van der Waals surface area (Å²) in [6, 6.07) is 17.1. The Morgan fingerprint density at radius 3 is 2.53 bits per heavy atom. The lowest BCUT2D eigenvalue weighted by Crippen LogP contribution is -2.43. The number of phenolic OH excluding ortho intramolecular Hbond substituents is 2. The van der Waals surface area contributed by atoms with Crippen LogP contribution in [-0.4, -0.2) is 65.2 Å². The minimum absolute atomic E-state index is 0.00260. The third kappa shape index (κ3) is 3.56. The van der Waals surface area contributed by atoms with Crippen molar-refractivity contribution in [1.29, 1.82) is 0 Å². The maximum absolute atomic E-state index is 13.6. The summed E-state index contributed by atoms with van der Waals surface area (Å²) in [4.78, 5) is 34.6. The number of hydrogen-bond donors (Lipinski definition) is 2. The third-order valence-corrected chi connectivity index (χ3v) is 6.06. The van der Waals surface area contributed by atoms with E-state index in [1.54, 1.807) is 6.07 Å². The van der Waals surface area contributed by atoms with Crippen molar-refractivity contribution in [2.75, 3.05) is 27.2 Å². The Balaban J connectivity index is 1.71. The topological polar surface area (TPSA) is 93.4 Å². The Labute approximate surface area is 196 Å². The molecule has 0 atom stereocenters. The summed E-state index contributed by atoms with van der Waals surface area (Å²) in [5.74, 6) is -0.573. The van der Waals surface area contributed by atoms with E-state index in [4.69, 9.17) is 0 Å². The van der Waals surface area contributed by atoms with Crippen LogP contribution in [0.3, 0.4) is 0 Å². The first-order valence-electron chi connectivity index (χ1n) is 10.9. The minimum atomic E-state index is -0.312. The summed E-state index contributed by atoms with van der Waals surface area (Å²) in [6.07, 6.45) is 1.48. The first-order chi connectivity index (χ1) is 16.3. The lowest BCUT2D eigenvalue weighted by molar-refractivity contribution is 0.0602. The quantitative estimate of drug-likeness (QED) is 0.203. The smallest absolute Gasteiger partial charge is 0.262 e. The van der Waals surface area contributed by atoms with Crippen LogP contribution in [0.2, 0.25) is 0 Å².